The molecule has 2 nitrogen and oxygen atoms in total. The summed E-state index contributed by atoms with van der Waals surface area (Å²) < 4.78 is 13.4. The lowest BCUT2D eigenvalue weighted by Gasteiger charge is -2.36. The summed E-state index contributed by atoms with van der Waals surface area (Å²) >= 11 is 0. The van der Waals surface area contributed by atoms with Crippen LogP contribution in [0.15, 0.2) is 0 Å². The molecule has 0 amide bonds. The number of likely N-dealkylation sites (tertiary alicyclic amines) is 2. The summed E-state index contributed by atoms with van der Waals surface area (Å²) in [5.74, 6) is 0.272. The largest absolute Gasteiger partial charge is 0.304 e. The van der Waals surface area contributed by atoms with E-state index in [0.717, 1.165) is 26.1 Å². The van der Waals surface area contributed by atoms with Crippen molar-refractivity contribution in [3.8, 4) is 0 Å². The van der Waals surface area contributed by atoms with Crippen molar-refractivity contribution < 1.29 is 4.39 Å². The first-order valence-electron chi connectivity index (χ1n) is 4.71. The van der Waals surface area contributed by atoms with Crippen LogP contribution in [0.5, 0.6) is 0 Å². The summed E-state index contributed by atoms with van der Waals surface area (Å²) in [4.78, 5) is 4.55. The van der Waals surface area contributed by atoms with E-state index in [-0.39, 0.29) is 5.92 Å². The van der Waals surface area contributed by atoms with Gasteiger partial charge in [-0.1, -0.05) is 0 Å². The number of piperidine rings is 1. The van der Waals surface area contributed by atoms with Crippen LogP contribution in [0.3, 0.4) is 0 Å². The number of rotatable bonds is 0. The Labute approximate surface area is 73.3 Å². The molecule has 0 bridgehead atoms. The van der Waals surface area contributed by atoms with Crippen LogP contribution in [0, 0.1) is 5.92 Å². The lowest BCUT2D eigenvalue weighted by atomic mass is 9.91. The van der Waals surface area contributed by atoms with Crippen molar-refractivity contribution in [2.45, 2.75) is 18.6 Å². The first-order chi connectivity index (χ1) is 5.68. The summed E-state index contributed by atoms with van der Waals surface area (Å²) in [7, 11) is 4.20. The van der Waals surface area contributed by atoms with Gasteiger partial charge in [-0.25, -0.2) is 4.39 Å². The van der Waals surface area contributed by atoms with Crippen molar-refractivity contribution in [3.05, 3.63) is 0 Å². The fraction of sp³-hybridized carbons (Fsp3) is 1.00. The number of likely N-dealkylation sites (N-methyl/N-ethyl adjacent to an activating group) is 2. The van der Waals surface area contributed by atoms with Gasteiger partial charge in [0.2, 0.25) is 0 Å². The quantitative estimate of drug-likeness (QED) is 0.527. The average Bonchev–Trinajstić information content (AvgIpc) is 2.41. The van der Waals surface area contributed by atoms with Gasteiger partial charge in [-0.3, -0.25) is 0 Å². The van der Waals surface area contributed by atoms with Gasteiger partial charge in [0.05, 0.1) is 0 Å². The van der Waals surface area contributed by atoms with Crippen LogP contribution in [0.4, 0.5) is 4.39 Å². The van der Waals surface area contributed by atoms with Crippen LogP contribution in [0.25, 0.3) is 0 Å². The normalized spacial score (nSPS) is 44.8. The van der Waals surface area contributed by atoms with Crippen LogP contribution < -0.4 is 0 Å². The number of fused-ring (bicyclic) bond motifs is 1. The van der Waals surface area contributed by atoms with Gasteiger partial charge in [-0.05, 0) is 20.5 Å². The third-order valence-electron chi connectivity index (χ3n) is 3.30. The first kappa shape index (κ1) is 8.45. The molecule has 2 rings (SSSR count). The Morgan fingerprint density at radius 3 is 2.67 bits per heavy atom. The minimum atomic E-state index is -0.559. The van der Waals surface area contributed by atoms with Gasteiger partial charge in [0, 0.05) is 31.6 Å². The molecule has 2 fully saturated rings. The van der Waals surface area contributed by atoms with Crippen molar-refractivity contribution in [1.82, 2.24) is 9.80 Å². The van der Waals surface area contributed by atoms with E-state index in [1.807, 2.05) is 0 Å². The molecule has 2 heterocycles. The van der Waals surface area contributed by atoms with E-state index in [2.05, 4.69) is 23.9 Å². The molecule has 3 unspecified atom stereocenters. The maximum Gasteiger partial charge on any atom is 0.107 e. The molecule has 2 aliphatic rings. The average molecular weight is 172 g/mol. The molecule has 0 spiro atoms. The third-order valence-corrected chi connectivity index (χ3v) is 3.30. The van der Waals surface area contributed by atoms with E-state index >= 15 is 0 Å². The predicted octanol–water partition coefficient (Wildman–Crippen LogP) is 0.590. The van der Waals surface area contributed by atoms with Crippen molar-refractivity contribution in [2.75, 3.05) is 33.7 Å². The molecule has 0 radical (unpaired) electrons. The summed E-state index contributed by atoms with van der Waals surface area (Å²) in [5, 5.41) is 0. The molecule has 0 N–H and O–H groups in total. The maximum atomic E-state index is 13.4. The topological polar surface area (TPSA) is 6.48 Å². The first-order valence-corrected chi connectivity index (χ1v) is 4.71. The van der Waals surface area contributed by atoms with Crippen LogP contribution in [-0.4, -0.2) is 55.7 Å². The second-order valence-electron chi connectivity index (χ2n) is 4.24. The monoisotopic (exact) mass is 172 g/mol. The molecule has 3 atom stereocenters. The maximum absolute atomic E-state index is 13.4. The molecule has 12 heavy (non-hydrogen) atoms. The number of halogens is 1. The van der Waals surface area contributed by atoms with Gasteiger partial charge in [0.15, 0.2) is 0 Å². The van der Waals surface area contributed by atoms with Crippen LogP contribution in [0.1, 0.15) is 6.42 Å². The molecule has 3 heteroatoms. The van der Waals surface area contributed by atoms with Gasteiger partial charge in [-0.2, -0.15) is 0 Å². The van der Waals surface area contributed by atoms with E-state index in [0.29, 0.717) is 6.04 Å². The molecule has 2 aliphatic heterocycles. The van der Waals surface area contributed by atoms with Crippen molar-refractivity contribution in [1.29, 1.82) is 0 Å². The second kappa shape index (κ2) is 2.96. The minimum absolute atomic E-state index is 0.272. The predicted molar refractivity (Wildman–Crippen MR) is 46.9 cm³/mol. The second-order valence-corrected chi connectivity index (χ2v) is 4.24. The van der Waals surface area contributed by atoms with E-state index in [1.54, 1.807) is 0 Å². The molecule has 70 valence electrons. The highest BCUT2D eigenvalue weighted by molar-refractivity contribution is 4.95. The van der Waals surface area contributed by atoms with Gasteiger partial charge >= 0.3 is 0 Å². The molecular formula is C9H17FN2. The van der Waals surface area contributed by atoms with E-state index in [9.17, 15) is 4.39 Å². The lowest BCUT2D eigenvalue weighted by Crippen LogP contribution is -2.47. The van der Waals surface area contributed by atoms with Gasteiger partial charge < -0.3 is 9.80 Å². The Hall–Kier alpha value is -0.150. The fourth-order valence-electron chi connectivity index (χ4n) is 2.54. The van der Waals surface area contributed by atoms with Gasteiger partial charge in [0.1, 0.15) is 6.17 Å². The molecule has 0 aromatic rings. The van der Waals surface area contributed by atoms with Crippen molar-refractivity contribution in [3.63, 3.8) is 0 Å². The number of hydrogen-bond donors (Lipinski definition) is 0. The number of alkyl halides is 1. The summed E-state index contributed by atoms with van der Waals surface area (Å²) in [6.45, 7) is 2.91. The van der Waals surface area contributed by atoms with Crippen molar-refractivity contribution >= 4 is 0 Å². The molecule has 2 saturated heterocycles. The third kappa shape index (κ3) is 1.25. The summed E-state index contributed by atoms with van der Waals surface area (Å²) in [6.07, 6.45) is 0.169. The highest BCUT2D eigenvalue weighted by Gasteiger charge is 2.41. The highest BCUT2D eigenvalue weighted by atomic mass is 19.1. The fourth-order valence-corrected chi connectivity index (χ4v) is 2.54. The Kier molecular flexibility index (Phi) is 2.09. The van der Waals surface area contributed by atoms with Gasteiger partial charge in [0.25, 0.3) is 0 Å². The van der Waals surface area contributed by atoms with E-state index < -0.39 is 6.17 Å². The summed E-state index contributed by atoms with van der Waals surface area (Å²) in [5.41, 5.74) is 0. The zero-order valence-corrected chi connectivity index (χ0v) is 7.83. The standard InChI is InChI=1S/C9H17FN2/c1-11-5-7-8(10)3-4-12(2)9(7)6-11/h7-9H,3-6H2,1-2H3. The number of hydrogen-bond acceptors (Lipinski definition) is 2. The lowest BCUT2D eigenvalue weighted by molar-refractivity contribution is 0.0756. The molecule has 0 aromatic heterocycles. The van der Waals surface area contributed by atoms with Crippen LogP contribution in [0.2, 0.25) is 0 Å². The Balaban J connectivity index is 2.09. The Bertz CT molecular complexity index is 156. The van der Waals surface area contributed by atoms with Crippen LogP contribution >= 0.6 is 0 Å². The number of nitrogens with zero attached hydrogens (tertiary/aromatic N) is 2. The highest BCUT2D eigenvalue weighted by Crippen LogP contribution is 2.30. The molecular weight excluding hydrogens is 155 g/mol. The smallest absolute Gasteiger partial charge is 0.107 e. The zero-order chi connectivity index (χ0) is 8.72. The summed E-state index contributed by atoms with van der Waals surface area (Å²) in [6, 6.07) is 0.471. The van der Waals surface area contributed by atoms with E-state index in [4.69, 9.17) is 0 Å². The minimum Gasteiger partial charge on any atom is -0.304 e. The zero-order valence-electron chi connectivity index (χ0n) is 7.83. The van der Waals surface area contributed by atoms with Gasteiger partial charge in [-0.15, -0.1) is 0 Å². The van der Waals surface area contributed by atoms with Crippen LogP contribution in [-0.2, 0) is 0 Å². The van der Waals surface area contributed by atoms with E-state index in [1.165, 1.54) is 0 Å². The SMILES string of the molecule is CN1CC2C(F)CCN(C)C2C1. The molecule has 0 saturated carbocycles. The molecule has 0 aromatic carbocycles. The Morgan fingerprint density at radius 2 is 2.00 bits per heavy atom. The van der Waals surface area contributed by atoms with Crippen molar-refractivity contribution in [2.24, 2.45) is 5.92 Å². The molecule has 0 aliphatic carbocycles. The Morgan fingerprint density at radius 1 is 1.25 bits per heavy atom.